The number of likely N-dealkylation sites (tertiary alicyclic amines) is 1. The van der Waals surface area contributed by atoms with Gasteiger partial charge in [0.2, 0.25) is 5.91 Å². The Labute approximate surface area is 189 Å². The van der Waals surface area contributed by atoms with E-state index in [2.05, 4.69) is 41.1 Å². The number of nitrogens with zero attached hydrogens (tertiary/aromatic N) is 3. The lowest BCUT2D eigenvalue weighted by Gasteiger charge is -2.41. The third-order valence-electron chi connectivity index (χ3n) is 6.79. The SMILES string of the molecule is COc1cc(C=C2CCCN(C3(C)Cc4ccccc4C3)C2=O)ccc1-n1cnc(C)c1. The lowest BCUT2D eigenvalue weighted by Crippen LogP contribution is -2.53. The van der Waals surface area contributed by atoms with Gasteiger partial charge in [0.25, 0.3) is 0 Å². The Hall–Kier alpha value is -3.34. The van der Waals surface area contributed by atoms with Crippen LogP contribution in [0, 0.1) is 6.92 Å². The average Bonchev–Trinajstić information content (AvgIpc) is 3.37. The highest BCUT2D eigenvalue weighted by Crippen LogP contribution is 2.37. The van der Waals surface area contributed by atoms with Gasteiger partial charge >= 0.3 is 0 Å². The van der Waals surface area contributed by atoms with Gasteiger partial charge in [-0.1, -0.05) is 30.3 Å². The number of amides is 1. The van der Waals surface area contributed by atoms with Crippen LogP contribution in [0.2, 0.25) is 0 Å². The van der Waals surface area contributed by atoms with Gasteiger partial charge in [-0.3, -0.25) is 4.79 Å². The Bertz CT molecular complexity index is 1180. The molecule has 2 aliphatic rings. The molecule has 5 rings (SSSR count). The quantitative estimate of drug-likeness (QED) is 0.565. The van der Waals surface area contributed by atoms with E-state index < -0.39 is 0 Å². The number of hydrogen-bond acceptors (Lipinski definition) is 3. The van der Waals surface area contributed by atoms with Crippen molar-refractivity contribution in [3.63, 3.8) is 0 Å². The topological polar surface area (TPSA) is 47.4 Å². The highest BCUT2D eigenvalue weighted by molar-refractivity contribution is 5.99. The van der Waals surface area contributed by atoms with Crippen molar-refractivity contribution in [2.24, 2.45) is 0 Å². The predicted molar refractivity (Wildman–Crippen MR) is 126 cm³/mol. The van der Waals surface area contributed by atoms with Crippen LogP contribution in [0.5, 0.6) is 5.75 Å². The normalized spacial score (nSPS) is 18.8. The van der Waals surface area contributed by atoms with Gasteiger partial charge in [-0.15, -0.1) is 0 Å². The number of aryl methyl sites for hydroxylation is 1. The second kappa shape index (κ2) is 7.97. The molecule has 1 aliphatic carbocycles. The second-order valence-corrected chi connectivity index (χ2v) is 9.20. The van der Waals surface area contributed by atoms with E-state index in [4.69, 9.17) is 4.74 Å². The maximum absolute atomic E-state index is 13.5. The van der Waals surface area contributed by atoms with Crippen molar-refractivity contribution in [1.29, 1.82) is 0 Å². The first-order valence-electron chi connectivity index (χ1n) is 11.3. The molecule has 0 N–H and O–H groups in total. The van der Waals surface area contributed by atoms with E-state index in [0.717, 1.165) is 60.5 Å². The molecule has 0 saturated carbocycles. The molecule has 32 heavy (non-hydrogen) atoms. The molecule has 0 radical (unpaired) electrons. The summed E-state index contributed by atoms with van der Waals surface area (Å²) in [4.78, 5) is 20.0. The second-order valence-electron chi connectivity index (χ2n) is 9.20. The van der Waals surface area contributed by atoms with E-state index in [-0.39, 0.29) is 11.4 Å². The molecule has 3 aromatic rings. The van der Waals surface area contributed by atoms with E-state index in [1.807, 2.05) is 42.0 Å². The van der Waals surface area contributed by atoms with Crippen LogP contribution in [0.1, 0.15) is 42.1 Å². The van der Waals surface area contributed by atoms with Gasteiger partial charge in [0, 0.05) is 23.9 Å². The van der Waals surface area contributed by atoms with Gasteiger partial charge in [-0.2, -0.15) is 0 Å². The summed E-state index contributed by atoms with van der Waals surface area (Å²) in [5, 5.41) is 0. The fourth-order valence-electron chi connectivity index (χ4n) is 5.19. The van der Waals surface area contributed by atoms with Crippen molar-refractivity contribution in [1.82, 2.24) is 14.5 Å². The number of benzene rings is 2. The van der Waals surface area contributed by atoms with Crippen LogP contribution in [-0.2, 0) is 17.6 Å². The number of carbonyl (C=O) groups is 1. The number of ether oxygens (including phenoxy) is 1. The van der Waals surface area contributed by atoms with E-state index >= 15 is 0 Å². The fraction of sp³-hybridized carbons (Fsp3) is 0.333. The molecule has 0 unspecified atom stereocenters. The number of aromatic nitrogens is 2. The first kappa shape index (κ1) is 20.6. The summed E-state index contributed by atoms with van der Waals surface area (Å²) in [5.74, 6) is 0.926. The average molecular weight is 428 g/mol. The fourth-order valence-corrected chi connectivity index (χ4v) is 5.19. The van der Waals surface area contributed by atoms with Crippen LogP contribution < -0.4 is 4.74 Å². The smallest absolute Gasteiger partial charge is 0.250 e. The van der Waals surface area contributed by atoms with Crippen LogP contribution in [-0.4, -0.2) is 39.6 Å². The van der Waals surface area contributed by atoms with Crippen LogP contribution in [0.4, 0.5) is 0 Å². The summed E-state index contributed by atoms with van der Waals surface area (Å²) < 4.78 is 7.60. The van der Waals surface area contributed by atoms with Crippen molar-refractivity contribution < 1.29 is 9.53 Å². The molecular weight excluding hydrogens is 398 g/mol. The van der Waals surface area contributed by atoms with Gasteiger partial charge in [0.05, 0.1) is 24.8 Å². The summed E-state index contributed by atoms with van der Waals surface area (Å²) in [5.41, 5.74) is 6.33. The molecule has 2 heterocycles. The van der Waals surface area contributed by atoms with Gasteiger partial charge in [-0.05, 0) is 74.4 Å². The zero-order valence-electron chi connectivity index (χ0n) is 19.0. The molecule has 2 aromatic carbocycles. The van der Waals surface area contributed by atoms with Crippen molar-refractivity contribution in [2.45, 2.75) is 45.1 Å². The third kappa shape index (κ3) is 3.62. The predicted octanol–water partition coefficient (Wildman–Crippen LogP) is 4.75. The Morgan fingerprint density at radius 2 is 1.88 bits per heavy atom. The van der Waals surface area contributed by atoms with Crippen molar-refractivity contribution in [3.8, 4) is 11.4 Å². The Morgan fingerprint density at radius 1 is 1.12 bits per heavy atom. The number of imidazole rings is 1. The van der Waals surface area contributed by atoms with Crippen molar-refractivity contribution in [3.05, 3.63) is 82.9 Å². The minimum Gasteiger partial charge on any atom is -0.495 e. The van der Waals surface area contributed by atoms with E-state index in [1.165, 1.54) is 11.1 Å². The zero-order valence-corrected chi connectivity index (χ0v) is 19.0. The first-order chi connectivity index (χ1) is 15.5. The lowest BCUT2D eigenvalue weighted by molar-refractivity contribution is -0.134. The summed E-state index contributed by atoms with van der Waals surface area (Å²) >= 11 is 0. The Balaban J connectivity index is 1.41. The Morgan fingerprint density at radius 3 is 2.53 bits per heavy atom. The number of methoxy groups -OCH3 is 1. The monoisotopic (exact) mass is 427 g/mol. The van der Waals surface area contributed by atoms with Gasteiger partial charge in [0.1, 0.15) is 5.75 Å². The van der Waals surface area contributed by atoms with Crippen LogP contribution in [0.15, 0.2) is 60.6 Å². The Kier molecular flexibility index (Phi) is 5.12. The summed E-state index contributed by atoms with van der Waals surface area (Å²) in [6.07, 6.45) is 9.44. The first-order valence-corrected chi connectivity index (χ1v) is 11.3. The minimum atomic E-state index is -0.152. The summed E-state index contributed by atoms with van der Waals surface area (Å²) in [7, 11) is 1.67. The van der Waals surface area contributed by atoms with Crippen molar-refractivity contribution >= 4 is 12.0 Å². The molecule has 1 amide bonds. The lowest BCUT2D eigenvalue weighted by atomic mass is 9.90. The molecule has 5 heteroatoms. The molecule has 1 aromatic heterocycles. The number of carbonyl (C=O) groups excluding carboxylic acids is 1. The largest absolute Gasteiger partial charge is 0.495 e. The van der Waals surface area contributed by atoms with Gasteiger partial charge < -0.3 is 14.2 Å². The third-order valence-corrected chi connectivity index (χ3v) is 6.79. The molecule has 0 atom stereocenters. The summed E-state index contributed by atoms with van der Waals surface area (Å²) in [6.45, 7) is 5.02. The molecular formula is C27H29N3O2. The summed E-state index contributed by atoms with van der Waals surface area (Å²) in [6, 6.07) is 14.6. The highest BCUT2D eigenvalue weighted by atomic mass is 16.5. The van der Waals surface area contributed by atoms with Gasteiger partial charge in [-0.25, -0.2) is 4.98 Å². The van der Waals surface area contributed by atoms with E-state index in [0.29, 0.717) is 0 Å². The molecule has 0 spiro atoms. The molecule has 1 saturated heterocycles. The number of fused-ring (bicyclic) bond motifs is 1. The van der Waals surface area contributed by atoms with Crippen LogP contribution in [0.3, 0.4) is 0 Å². The van der Waals surface area contributed by atoms with Crippen LogP contribution >= 0.6 is 0 Å². The molecule has 164 valence electrons. The van der Waals surface area contributed by atoms with Crippen molar-refractivity contribution in [2.75, 3.05) is 13.7 Å². The molecule has 5 nitrogen and oxygen atoms in total. The molecule has 1 fully saturated rings. The maximum Gasteiger partial charge on any atom is 0.250 e. The molecule has 0 bridgehead atoms. The standard InChI is InChI=1S/C27H29N3O2/c1-19-17-29(18-28-19)24-11-10-20(14-25(24)32-3)13-21-9-6-12-30(26(21)31)27(2)15-22-7-4-5-8-23(22)16-27/h4-5,7-8,10-11,13-14,17-18H,6,9,12,15-16H2,1-3H3. The van der Waals surface area contributed by atoms with E-state index in [1.54, 1.807) is 13.4 Å². The number of piperidine rings is 1. The molecule has 1 aliphatic heterocycles. The van der Waals surface area contributed by atoms with E-state index in [9.17, 15) is 4.79 Å². The highest BCUT2D eigenvalue weighted by Gasteiger charge is 2.42. The number of hydrogen-bond donors (Lipinski definition) is 0. The maximum atomic E-state index is 13.5. The van der Waals surface area contributed by atoms with Gasteiger partial charge in [0.15, 0.2) is 0 Å². The minimum absolute atomic E-state index is 0.152. The zero-order chi connectivity index (χ0) is 22.3. The number of rotatable bonds is 4. The van der Waals surface area contributed by atoms with Crippen LogP contribution in [0.25, 0.3) is 11.8 Å².